The van der Waals surface area contributed by atoms with Crippen LogP contribution in [0.25, 0.3) is 0 Å². The number of nitrogens with one attached hydrogen (secondary N) is 2. The number of piperazine rings is 1. The maximum absolute atomic E-state index is 12.9. The van der Waals surface area contributed by atoms with Crippen LogP contribution in [0, 0.1) is 0 Å². The first-order chi connectivity index (χ1) is 17.3. The molecule has 9 nitrogen and oxygen atoms in total. The molecule has 194 valence electrons. The van der Waals surface area contributed by atoms with E-state index in [2.05, 4.69) is 15.5 Å². The first-order valence-electron chi connectivity index (χ1n) is 12.0. The first-order valence-corrected chi connectivity index (χ1v) is 12.4. The van der Waals surface area contributed by atoms with Gasteiger partial charge in [0, 0.05) is 57.1 Å². The summed E-state index contributed by atoms with van der Waals surface area (Å²) in [5.41, 5.74) is 1.87. The van der Waals surface area contributed by atoms with Gasteiger partial charge in [-0.25, -0.2) is 4.79 Å². The maximum Gasteiger partial charge on any atom is 0.317 e. The van der Waals surface area contributed by atoms with Crippen LogP contribution < -0.4 is 15.5 Å². The number of nitrogens with zero attached hydrogens (tertiary/aromatic N) is 3. The van der Waals surface area contributed by atoms with E-state index in [9.17, 15) is 14.4 Å². The number of benzene rings is 2. The van der Waals surface area contributed by atoms with E-state index in [-0.39, 0.29) is 37.0 Å². The van der Waals surface area contributed by atoms with Crippen molar-refractivity contribution in [3.63, 3.8) is 0 Å². The molecule has 1 aliphatic heterocycles. The molecular weight excluding hydrogens is 482 g/mol. The molecule has 1 heterocycles. The number of ether oxygens (including phenoxy) is 1. The van der Waals surface area contributed by atoms with Crippen LogP contribution in [0.15, 0.2) is 48.5 Å². The lowest BCUT2D eigenvalue weighted by atomic mass is 10.2. The van der Waals surface area contributed by atoms with Crippen LogP contribution in [0.2, 0.25) is 5.02 Å². The van der Waals surface area contributed by atoms with Crippen molar-refractivity contribution in [1.29, 1.82) is 0 Å². The molecule has 10 heteroatoms. The third-order valence-corrected chi connectivity index (χ3v) is 6.11. The van der Waals surface area contributed by atoms with Crippen molar-refractivity contribution >= 4 is 40.8 Å². The molecule has 1 aliphatic rings. The normalized spacial score (nSPS) is 13.5. The van der Waals surface area contributed by atoms with E-state index in [1.807, 2.05) is 32.0 Å². The topological polar surface area (TPSA) is 94.2 Å². The molecule has 0 bridgehead atoms. The lowest BCUT2D eigenvalue weighted by Crippen LogP contribution is -2.52. The van der Waals surface area contributed by atoms with E-state index >= 15 is 0 Å². The largest absolute Gasteiger partial charge is 0.383 e. The fourth-order valence-electron chi connectivity index (χ4n) is 3.89. The maximum atomic E-state index is 12.9. The number of rotatable bonds is 9. The second-order valence-corrected chi connectivity index (χ2v) is 9.28. The summed E-state index contributed by atoms with van der Waals surface area (Å²) >= 11 is 6.38. The fraction of sp³-hybridized carbons (Fsp3) is 0.423. The van der Waals surface area contributed by atoms with E-state index in [0.29, 0.717) is 49.1 Å². The molecule has 36 heavy (non-hydrogen) atoms. The summed E-state index contributed by atoms with van der Waals surface area (Å²) in [7, 11) is 1.55. The zero-order valence-corrected chi connectivity index (χ0v) is 21.8. The lowest BCUT2D eigenvalue weighted by Gasteiger charge is -2.36. The highest BCUT2D eigenvalue weighted by Gasteiger charge is 2.23. The van der Waals surface area contributed by atoms with Crippen molar-refractivity contribution in [2.24, 2.45) is 0 Å². The third kappa shape index (κ3) is 7.60. The standard InChI is InChI=1S/C26H34ClN5O4/c1-19(2)28-26(35)31-13-11-30(12-14-31)21-9-10-22(27)23(17-21)29-24(33)18-32(15-16-36-3)25(34)20-7-5-4-6-8-20/h4-10,17,19H,11-16,18H2,1-3H3,(H,28,35)(H,29,33). The molecule has 2 N–H and O–H groups in total. The Morgan fingerprint density at radius 1 is 1.06 bits per heavy atom. The van der Waals surface area contributed by atoms with E-state index in [1.54, 1.807) is 42.3 Å². The molecule has 0 radical (unpaired) electrons. The van der Waals surface area contributed by atoms with Gasteiger partial charge in [-0.3, -0.25) is 9.59 Å². The van der Waals surface area contributed by atoms with Crippen molar-refractivity contribution in [2.75, 3.05) is 63.2 Å². The van der Waals surface area contributed by atoms with E-state index in [0.717, 1.165) is 5.69 Å². The van der Waals surface area contributed by atoms with Gasteiger partial charge in [-0.05, 0) is 44.2 Å². The van der Waals surface area contributed by atoms with Crippen molar-refractivity contribution < 1.29 is 19.1 Å². The van der Waals surface area contributed by atoms with Crippen molar-refractivity contribution in [3.05, 3.63) is 59.1 Å². The Labute approximate surface area is 217 Å². The van der Waals surface area contributed by atoms with Gasteiger partial charge in [-0.1, -0.05) is 29.8 Å². The summed E-state index contributed by atoms with van der Waals surface area (Å²) in [4.78, 5) is 43.5. The summed E-state index contributed by atoms with van der Waals surface area (Å²) in [5, 5.41) is 6.17. The van der Waals surface area contributed by atoms with Crippen LogP contribution in [-0.2, 0) is 9.53 Å². The molecule has 0 unspecified atom stereocenters. The minimum atomic E-state index is -0.357. The number of hydrogen-bond acceptors (Lipinski definition) is 5. The Hall–Kier alpha value is -3.30. The number of carbonyl (C=O) groups excluding carboxylic acids is 3. The Balaban J connectivity index is 1.63. The zero-order valence-electron chi connectivity index (χ0n) is 21.0. The van der Waals surface area contributed by atoms with Crippen LogP contribution in [0.4, 0.5) is 16.2 Å². The van der Waals surface area contributed by atoms with E-state index in [1.165, 1.54) is 4.90 Å². The monoisotopic (exact) mass is 515 g/mol. The van der Waals surface area contributed by atoms with Gasteiger partial charge in [0.15, 0.2) is 0 Å². The summed E-state index contributed by atoms with van der Waals surface area (Å²) in [6, 6.07) is 14.3. The summed E-state index contributed by atoms with van der Waals surface area (Å²) in [5.74, 6) is -0.605. The average Bonchev–Trinajstić information content (AvgIpc) is 2.87. The van der Waals surface area contributed by atoms with Gasteiger partial charge < -0.3 is 30.1 Å². The van der Waals surface area contributed by atoms with Crippen LogP contribution in [0.5, 0.6) is 0 Å². The number of hydrogen-bond donors (Lipinski definition) is 2. The van der Waals surface area contributed by atoms with Gasteiger partial charge in [-0.15, -0.1) is 0 Å². The SMILES string of the molecule is COCCN(CC(=O)Nc1cc(N2CCN(C(=O)NC(C)C)CC2)ccc1Cl)C(=O)c1ccccc1. The number of urea groups is 1. The van der Waals surface area contributed by atoms with Crippen LogP contribution in [-0.4, -0.2) is 86.7 Å². The molecule has 0 atom stereocenters. The fourth-order valence-corrected chi connectivity index (χ4v) is 4.06. The molecule has 2 aromatic rings. The number of carbonyl (C=O) groups is 3. The number of amides is 4. The van der Waals surface area contributed by atoms with Gasteiger partial charge in [-0.2, -0.15) is 0 Å². The van der Waals surface area contributed by atoms with Gasteiger partial charge >= 0.3 is 6.03 Å². The molecule has 1 fully saturated rings. The molecule has 0 aromatic heterocycles. The van der Waals surface area contributed by atoms with Crippen LogP contribution in [0.1, 0.15) is 24.2 Å². The highest BCUT2D eigenvalue weighted by molar-refractivity contribution is 6.33. The molecule has 0 aliphatic carbocycles. The van der Waals surface area contributed by atoms with Crippen LogP contribution in [0.3, 0.4) is 0 Å². The number of halogens is 1. The van der Waals surface area contributed by atoms with Crippen molar-refractivity contribution in [2.45, 2.75) is 19.9 Å². The molecule has 0 saturated carbocycles. The quantitative estimate of drug-likeness (QED) is 0.534. The minimum absolute atomic E-state index is 0.0585. The Morgan fingerprint density at radius 2 is 1.75 bits per heavy atom. The van der Waals surface area contributed by atoms with E-state index < -0.39 is 0 Å². The minimum Gasteiger partial charge on any atom is -0.383 e. The second kappa shape index (κ2) is 13.1. The number of anilines is 2. The Bertz CT molecular complexity index is 1040. The average molecular weight is 516 g/mol. The molecule has 4 amide bonds. The van der Waals surface area contributed by atoms with Crippen molar-refractivity contribution in [3.8, 4) is 0 Å². The van der Waals surface area contributed by atoms with Gasteiger partial charge in [0.25, 0.3) is 5.91 Å². The number of methoxy groups -OCH3 is 1. The molecule has 1 saturated heterocycles. The van der Waals surface area contributed by atoms with Crippen molar-refractivity contribution in [1.82, 2.24) is 15.1 Å². The zero-order chi connectivity index (χ0) is 26.1. The summed E-state index contributed by atoms with van der Waals surface area (Å²) in [6.07, 6.45) is 0. The second-order valence-electron chi connectivity index (χ2n) is 8.88. The van der Waals surface area contributed by atoms with Crippen LogP contribution >= 0.6 is 11.6 Å². The lowest BCUT2D eigenvalue weighted by molar-refractivity contribution is -0.117. The smallest absolute Gasteiger partial charge is 0.317 e. The summed E-state index contributed by atoms with van der Waals surface area (Å²) < 4.78 is 5.12. The highest BCUT2D eigenvalue weighted by atomic mass is 35.5. The third-order valence-electron chi connectivity index (χ3n) is 5.78. The predicted molar refractivity (Wildman–Crippen MR) is 142 cm³/mol. The van der Waals surface area contributed by atoms with E-state index in [4.69, 9.17) is 16.3 Å². The van der Waals surface area contributed by atoms with Gasteiger partial charge in [0.1, 0.15) is 6.54 Å². The molecule has 0 spiro atoms. The molecular formula is C26H34ClN5O4. The molecule has 2 aromatic carbocycles. The highest BCUT2D eigenvalue weighted by Crippen LogP contribution is 2.28. The summed E-state index contributed by atoms with van der Waals surface area (Å²) in [6.45, 7) is 6.84. The Morgan fingerprint density at radius 3 is 2.39 bits per heavy atom. The predicted octanol–water partition coefficient (Wildman–Crippen LogP) is 3.31. The van der Waals surface area contributed by atoms with Gasteiger partial charge in [0.05, 0.1) is 17.3 Å². The first kappa shape index (κ1) is 27.3. The Kier molecular flexibility index (Phi) is 9.95. The van der Waals surface area contributed by atoms with Gasteiger partial charge in [0.2, 0.25) is 5.91 Å². The molecule has 3 rings (SSSR count).